The second-order valence-corrected chi connectivity index (χ2v) is 8.11. The molecule has 0 bridgehead atoms. The van der Waals surface area contributed by atoms with Gasteiger partial charge in [0.1, 0.15) is 0 Å². The number of likely N-dealkylation sites (tertiary alicyclic amines) is 1. The molecule has 5 nitrogen and oxygen atoms in total. The van der Waals surface area contributed by atoms with Gasteiger partial charge in [0.25, 0.3) is 0 Å². The molecule has 1 fully saturated rings. The maximum absolute atomic E-state index is 13.2. The third kappa shape index (κ3) is 3.68. The van der Waals surface area contributed by atoms with Gasteiger partial charge in [-0.3, -0.25) is 9.88 Å². The van der Waals surface area contributed by atoms with Crippen molar-refractivity contribution in [3.63, 3.8) is 0 Å². The van der Waals surface area contributed by atoms with Crippen LogP contribution in [0.15, 0.2) is 79.1 Å². The second kappa shape index (κ2) is 8.28. The highest BCUT2D eigenvalue weighted by atomic mass is 16.2. The summed E-state index contributed by atoms with van der Waals surface area (Å²) in [5.41, 5.74) is 4.49. The minimum absolute atomic E-state index is 0.00765. The average Bonchev–Trinajstić information content (AvgIpc) is 2.80. The predicted octanol–water partition coefficient (Wildman–Crippen LogP) is 4.68. The Morgan fingerprint density at radius 2 is 1.70 bits per heavy atom. The van der Waals surface area contributed by atoms with Crippen LogP contribution in [0.3, 0.4) is 0 Å². The van der Waals surface area contributed by atoms with E-state index in [4.69, 9.17) is 0 Å². The fourth-order valence-electron chi connectivity index (χ4n) is 4.75. The first-order valence-corrected chi connectivity index (χ1v) is 10.6. The summed E-state index contributed by atoms with van der Waals surface area (Å²) in [7, 11) is 0. The van der Waals surface area contributed by atoms with Crippen LogP contribution in [0.5, 0.6) is 0 Å². The van der Waals surface area contributed by atoms with E-state index in [-0.39, 0.29) is 18.1 Å². The van der Waals surface area contributed by atoms with Gasteiger partial charge in [0.15, 0.2) is 0 Å². The van der Waals surface area contributed by atoms with Crippen molar-refractivity contribution in [2.24, 2.45) is 0 Å². The van der Waals surface area contributed by atoms with Crippen LogP contribution in [-0.4, -0.2) is 39.9 Å². The van der Waals surface area contributed by atoms with Gasteiger partial charge in [-0.15, -0.1) is 0 Å². The number of anilines is 1. The highest BCUT2D eigenvalue weighted by Gasteiger charge is 2.38. The summed E-state index contributed by atoms with van der Waals surface area (Å²) in [4.78, 5) is 22.0. The molecule has 1 unspecified atom stereocenters. The number of amides is 2. The number of nitrogens with zero attached hydrogens (tertiary/aromatic N) is 3. The topological polar surface area (TPSA) is 48.5 Å². The molecule has 2 amide bonds. The molecule has 3 heterocycles. The lowest BCUT2D eigenvalue weighted by molar-refractivity contribution is 0.106. The van der Waals surface area contributed by atoms with Crippen molar-refractivity contribution >= 4 is 11.7 Å². The fraction of sp³-hybridized carbons (Fsp3) is 0.280. The van der Waals surface area contributed by atoms with E-state index in [9.17, 15) is 4.79 Å². The number of piperidine rings is 1. The van der Waals surface area contributed by atoms with Crippen LogP contribution in [0.1, 0.15) is 35.6 Å². The normalized spacial score (nSPS) is 19.9. The lowest BCUT2D eigenvalue weighted by Crippen LogP contribution is -2.52. The van der Waals surface area contributed by atoms with E-state index >= 15 is 0 Å². The first kappa shape index (κ1) is 18.8. The smallest absolute Gasteiger partial charge is 0.310 e. The second-order valence-electron chi connectivity index (χ2n) is 8.11. The number of aromatic nitrogens is 1. The van der Waals surface area contributed by atoms with Gasteiger partial charge < -0.3 is 10.2 Å². The number of benzene rings is 2. The number of hydrogen-bond acceptors (Lipinski definition) is 3. The molecule has 3 aromatic rings. The lowest BCUT2D eigenvalue weighted by Gasteiger charge is -2.45. The van der Waals surface area contributed by atoms with Crippen LogP contribution in [0.25, 0.3) is 0 Å². The van der Waals surface area contributed by atoms with Gasteiger partial charge in [0, 0.05) is 49.3 Å². The Balaban J connectivity index is 1.38. The van der Waals surface area contributed by atoms with E-state index in [2.05, 4.69) is 62.6 Å². The molecular weight excluding hydrogens is 372 g/mol. The highest BCUT2D eigenvalue weighted by Crippen LogP contribution is 2.40. The van der Waals surface area contributed by atoms with E-state index in [1.54, 1.807) is 0 Å². The van der Waals surface area contributed by atoms with Crippen molar-refractivity contribution in [2.75, 3.05) is 18.4 Å². The zero-order valence-corrected chi connectivity index (χ0v) is 16.9. The molecule has 0 spiro atoms. The Morgan fingerprint density at radius 1 is 0.933 bits per heavy atom. The summed E-state index contributed by atoms with van der Waals surface area (Å²) < 4.78 is 0. The third-order valence-electron chi connectivity index (χ3n) is 6.20. The van der Waals surface area contributed by atoms with Crippen molar-refractivity contribution in [3.05, 3.63) is 95.8 Å². The molecule has 1 saturated heterocycles. The van der Waals surface area contributed by atoms with Gasteiger partial charge in [-0.2, -0.15) is 0 Å². The molecule has 0 saturated carbocycles. The molecule has 2 aromatic carbocycles. The summed E-state index contributed by atoms with van der Waals surface area (Å²) in [6.07, 6.45) is 5.69. The monoisotopic (exact) mass is 398 g/mol. The molecule has 5 rings (SSSR count). The van der Waals surface area contributed by atoms with Gasteiger partial charge in [-0.05, 0) is 36.1 Å². The first-order chi connectivity index (χ1) is 14.8. The van der Waals surface area contributed by atoms with Crippen molar-refractivity contribution in [1.29, 1.82) is 0 Å². The van der Waals surface area contributed by atoms with E-state index in [1.807, 2.05) is 36.7 Å². The zero-order chi connectivity index (χ0) is 20.3. The molecule has 2 aliphatic rings. The molecule has 152 valence electrons. The van der Waals surface area contributed by atoms with E-state index < -0.39 is 0 Å². The summed E-state index contributed by atoms with van der Waals surface area (Å²) in [6, 6.07) is 22.9. The lowest BCUT2D eigenvalue weighted by atomic mass is 9.90. The minimum Gasteiger partial charge on any atom is -0.310 e. The van der Waals surface area contributed by atoms with Crippen LogP contribution in [0.4, 0.5) is 10.5 Å². The van der Waals surface area contributed by atoms with Gasteiger partial charge in [0.2, 0.25) is 0 Å². The number of carbonyl (C=O) groups is 1. The van der Waals surface area contributed by atoms with Crippen molar-refractivity contribution in [1.82, 2.24) is 14.8 Å². The summed E-state index contributed by atoms with van der Waals surface area (Å²) in [5, 5.41) is 3.12. The Hall–Kier alpha value is -3.18. The van der Waals surface area contributed by atoms with Crippen LogP contribution in [0.2, 0.25) is 0 Å². The standard InChI is InChI=1S/C25H26N4O/c30-25-27-23-11-5-4-10-22(23)24(20-8-2-1-3-9-20)29(25)21-12-15-28(16-13-21)18-19-7-6-14-26-17-19/h1-11,14,17,21,24H,12-13,15-16,18H2,(H,27,30). The average molecular weight is 399 g/mol. The van der Waals surface area contributed by atoms with E-state index in [0.29, 0.717) is 0 Å². The summed E-state index contributed by atoms with van der Waals surface area (Å²) in [6.45, 7) is 2.87. The Labute approximate surface area is 177 Å². The largest absolute Gasteiger partial charge is 0.322 e. The number of urea groups is 1. The molecule has 0 radical (unpaired) electrons. The van der Waals surface area contributed by atoms with Crippen molar-refractivity contribution < 1.29 is 4.79 Å². The van der Waals surface area contributed by atoms with E-state index in [0.717, 1.165) is 43.7 Å². The number of hydrogen-bond donors (Lipinski definition) is 1. The van der Waals surface area contributed by atoms with Crippen molar-refractivity contribution in [3.8, 4) is 0 Å². The molecule has 2 aliphatic heterocycles. The Morgan fingerprint density at radius 3 is 2.47 bits per heavy atom. The molecule has 1 aromatic heterocycles. The fourth-order valence-corrected chi connectivity index (χ4v) is 4.75. The number of pyridine rings is 1. The molecule has 1 N–H and O–H groups in total. The number of para-hydroxylation sites is 1. The maximum atomic E-state index is 13.2. The maximum Gasteiger partial charge on any atom is 0.322 e. The van der Waals surface area contributed by atoms with Crippen LogP contribution < -0.4 is 5.32 Å². The van der Waals surface area contributed by atoms with Crippen molar-refractivity contribution in [2.45, 2.75) is 31.5 Å². The molecule has 0 aliphatic carbocycles. The quantitative estimate of drug-likeness (QED) is 0.694. The zero-order valence-electron chi connectivity index (χ0n) is 16.9. The first-order valence-electron chi connectivity index (χ1n) is 10.6. The number of fused-ring (bicyclic) bond motifs is 1. The minimum atomic E-state index is -0.0500. The van der Waals surface area contributed by atoms with Gasteiger partial charge in [-0.1, -0.05) is 54.6 Å². The molecule has 1 atom stereocenters. The highest BCUT2D eigenvalue weighted by molar-refractivity contribution is 5.93. The molecular formula is C25H26N4O. The molecule has 30 heavy (non-hydrogen) atoms. The predicted molar refractivity (Wildman–Crippen MR) is 118 cm³/mol. The molecule has 5 heteroatoms. The summed E-state index contributed by atoms with van der Waals surface area (Å²) in [5.74, 6) is 0. The number of nitrogens with one attached hydrogen (secondary N) is 1. The Kier molecular flexibility index (Phi) is 5.20. The van der Waals surface area contributed by atoms with Gasteiger partial charge >= 0.3 is 6.03 Å². The number of rotatable bonds is 4. The van der Waals surface area contributed by atoms with Gasteiger partial charge in [-0.25, -0.2) is 4.79 Å². The van der Waals surface area contributed by atoms with Crippen LogP contribution in [0, 0.1) is 0 Å². The van der Waals surface area contributed by atoms with E-state index in [1.165, 1.54) is 11.1 Å². The van der Waals surface area contributed by atoms with Gasteiger partial charge in [0.05, 0.1) is 6.04 Å². The third-order valence-corrected chi connectivity index (χ3v) is 6.20. The Bertz CT molecular complexity index is 1000. The summed E-state index contributed by atoms with van der Waals surface area (Å²) >= 11 is 0. The van der Waals surface area contributed by atoms with Crippen LogP contribution in [-0.2, 0) is 6.54 Å². The van der Waals surface area contributed by atoms with Crippen LogP contribution >= 0.6 is 0 Å². The SMILES string of the molecule is O=C1Nc2ccccc2C(c2ccccc2)N1C1CCN(Cc2cccnc2)CC1. The number of carbonyl (C=O) groups excluding carboxylic acids is 1.